The van der Waals surface area contributed by atoms with Crippen LogP contribution in [0, 0.1) is 0 Å². The molecular formula is C10H14BrN3O3S. The molecule has 0 radical (unpaired) electrons. The number of rotatable bonds is 5. The molecule has 0 fully saturated rings. The van der Waals surface area contributed by atoms with Crippen molar-refractivity contribution >= 4 is 31.9 Å². The van der Waals surface area contributed by atoms with Gasteiger partial charge in [-0.3, -0.25) is 9.78 Å². The van der Waals surface area contributed by atoms with Crippen molar-refractivity contribution in [1.29, 1.82) is 0 Å². The Morgan fingerprint density at radius 2 is 2.17 bits per heavy atom. The number of hydrogen-bond acceptors (Lipinski definition) is 4. The number of carbonyl (C=O) groups is 1. The molecule has 1 N–H and O–H groups in total. The van der Waals surface area contributed by atoms with Crippen LogP contribution in [0.5, 0.6) is 0 Å². The highest BCUT2D eigenvalue weighted by atomic mass is 79.9. The molecule has 0 aromatic carbocycles. The summed E-state index contributed by atoms with van der Waals surface area (Å²) in [7, 11) is -1.62. The second-order valence-corrected chi connectivity index (χ2v) is 6.53. The zero-order valence-corrected chi connectivity index (χ0v) is 12.5. The van der Waals surface area contributed by atoms with E-state index in [0.717, 1.165) is 10.7 Å². The monoisotopic (exact) mass is 335 g/mol. The van der Waals surface area contributed by atoms with E-state index < -0.39 is 10.0 Å². The Kier molecular flexibility index (Phi) is 5.24. The van der Waals surface area contributed by atoms with Crippen LogP contribution >= 0.6 is 15.9 Å². The number of pyridine rings is 1. The summed E-state index contributed by atoms with van der Waals surface area (Å²) in [4.78, 5) is 17.3. The van der Waals surface area contributed by atoms with Gasteiger partial charge in [-0.15, -0.1) is 0 Å². The van der Waals surface area contributed by atoms with E-state index in [-0.39, 0.29) is 12.5 Å². The number of hydrogen-bond donors (Lipinski definition) is 1. The van der Waals surface area contributed by atoms with Gasteiger partial charge in [-0.25, -0.2) is 13.1 Å². The molecule has 100 valence electrons. The Balaban J connectivity index is 2.57. The molecule has 0 saturated carbocycles. The van der Waals surface area contributed by atoms with Crippen molar-refractivity contribution in [1.82, 2.24) is 14.6 Å². The predicted molar refractivity (Wildman–Crippen MR) is 71.7 cm³/mol. The maximum absolute atomic E-state index is 11.9. The van der Waals surface area contributed by atoms with E-state index in [0.29, 0.717) is 12.1 Å². The Bertz CT molecular complexity index is 533. The van der Waals surface area contributed by atoms with E-state index in [2.05, 4.69) is 25.6 Å². The van der Waals surface area contributed by atoms with Crippen molar-refractivity contribution in [3.05, 3.63) is 28.5 Å². The largest absolute Gasteiger partial charge is 0.340 e. The number of aromatic nitrogens is 1. The lowest BCUT2D eigenvalue weighted by Gasteiger charge is -2.17. The van der Waals surface area contributed by atoms with Gasteiger partial charge in [-0.05, 0) is 22.0 Å². The van der Waals surface area contributed by atoms with E-state index in [1.807, 2.05) is 0 Å². The molecule has 0 aliphatic rings. The van der Waals surface area contributed by atoms with Gasteiger partial charge in [0.1, 0.15) is 0 Å². The molecule has 0 atom stereocenters. The fourth-order valence-electron chi connectivity index (χ4n) is 1.25. The Hall–Kier alpha value is -0.990. The van der Waals surface area contributed by atoms with Gasteiger partial charge in [0.05, 0.1) is 11.8 Å². The summed E-state index contributed by atoms with van der Waals surface area (Å²) in [6, 6.07) is 1.66. The molecule has 0 bridgehead atoms. The van der Waals surface area contributed by atoms with Gasteiger partial charge in [0.15, 0.2) is 0 Å². The fraction of sp³-hybridized carbons (Fsp3) is 0.400. The molecule has 1 amide bonds. The van der Waals surface area contributed by atoms with E-state index in [4.69, 9.17) is 0 Å². The number of carbonyl (C=O) groups excluding carboxylic acids is 1. The van der Waals surface area contributed by atoms with Gasteiger partial charge in [0.2, 0.25) is 10.0 Å². The molecule has 0 unspecified atom stereocenters. The first kappa shape index (κ1) is 15.1. The second-order valence-electron chi connectivity index (χ2n) is 3.79. The molecule has 0 saturated heterocycles. The summed E-state index contributed by atoms with van der Waals surface area (Å²) in [6.07, 6.45) is 4.13. The molecule has 1 aromatic rings. The summed E-state index contributed by atoms with van der Waals surface area (Å²) < 4.78 is 24.8. The molecular weight excluding hydrogens is 322 g/mol. The van der Waals surface area contributed by atoms with Crippen LogP contribution in [0.15, 0.2) is 22.9 Å². The quantitative estimate of drug-likeness (QED) is 0.848. The predicted octanol–water partition coefficient (Wildman–Crippen LogP) is 0.465. The number of nitrogens with one attached hydrogen (secondary N) is 1. The second kappa shape index (κ2) is 6.26. The van der Waals surface area contributed by atoms with Crippen LogP contribution in [-0.2, 0) is 10.0 Å². The Morgan fingerprint density at radius 1 is 1.50 bits per heavy atom. The third-order valence-electron chi connectivity index (χ3n) is 2.11. The first-order valence-electron chi connectivity index (χ1n) is 5.10. The standard InChI is InChI=1S/C10H14BrN3O3S/c1-14(4-3-13-18(2,16)17)10(15)8-5-9(11)7-12-6-8/h5-7,13H,3-4H2,1-2H3. The molecule has 1 rings (SSSR count). The molecule has 1 heterocycles. The normalized spacial score (nSPS) is 11.3. The molecule has 0 aliphatic heterocycles. The van der Waals surface area contributed by atoms with Gasteiger partial charge in [0.25, 0.3) is 5.91 Å². The van der Waals surface area contributed by atoms with Crippen molar-refractivity contribution in [2.24, 2.45) is 0 Å². The van der Waals surface area contributed by atoms with Crippen molar-refractivity contribution in [2.75, 3.05) is 26.4 Å². The molecule has 0 aliphatic carbocycles. The summed E-state index contributed by atoms with van der Waals surface area (Å²) in [6.45, 7) is 0.473. The highest BCUT2D eigenvalue weighted by molar-refractivity contribution is 9.10. The third-order valence-corrected chi connectivity index (χ3v) is 3.27. The van der Waals surface area contributed by atoms with E-state index in [9.17, 15) is 13.2 Å². The Morgan fingerprint density at radius 3 is 2.72 bits per heavy atom. The highest BCUT2D eigenvalue weighted by Gasteiger charge is 2.12. The van der Waals surface area contributed by atoms with Crippen LogP contribution in [0.1, 0.15) is 10.4 Å². The Labute approximate surface area is 115 Å². The maximum atomic E-state index is 11.9. The van der Waals surface area contributed by atoms with Crippen LogP contribution in [0.25, 0.3) is 0 Å². The molecule has 6 nitrogen and oxygen atoms in total. The number of halogens is 1. The smallest absolute Gasteiger partial charge is 0.255 e. The van der Waals surface area contributed by atoms with Gasteiger partial charge < -0.3 is 4.90 Å². The van der Waals surface area contributed by atoms with Crippen LogP contribution < -0.4 is 4.72 Å². The average Bonchev–Trinajstić information content (AvgIpc) is 2.26. The van der Waals surface area contributed by atoms with Crippen molar-refractivity contribution in [3.8, 4) is 0 Å². The molecule has 1 aromatic heterocycles. The SMILES string of the molecule is CN(CCNS(C)(=O)=O)C(=O)c1cncc(Br)c1. The summed E-state index contributed by atoms with van der Waals surface area (Å²) in [5.74, 6) is -0.209. The lowest BCUT2D eigenvalue weighted by Crippen LogP contribution is -2.35. The van der Waals surface area contributed by atoms with Crippen LogP contribution in [0.2, 0.25) is 0 Å². The molecule has 18 heavy (non-hydrogen) atoms. The minimum absolute atomic E-state index is 0.183. The highest BCUT2D eigenvalue weighted by Crippen LogP contribution is 2.10. The van der Waals surface area contributed by atoms with Gasteiger partial charge in [-0.2, -0.15) is 0 Å². The summed E-state index contributed by atoms with van der Waals surface area (Å²) in [5, 5.41) is 0. The van der Waals surface area contributed by atoms with Crippen LogP contribution in [0.3, 0.4) is 0 Å². The zero-order valence-electron chi connectivity index (χ0n) is 10.1. The fourth-order valence-corrected chi connectivity index (χ4v) is 2.08. The van der Waals surface area contributed by atoms with Gasteiger partial charge >= 0.3 is 0 Å². The van der Waals surface area contributed by atoms with E-state index >= 15 is 0 Å². The molecule has 0 spiro atoms. The summed E-state index contributed by atoms with van der Waals surface area (Å²) in [5.41, 5.74) is 0.450. The first-order valence-corrected chi connectivity index (χ1v) is 7.78. The summed E-state index contributed by atoms with van der Waals surface area (Å²) >= 11 is 3.23. The van der Waals surface area contributed by atoms with Crippen molar-refractivity contribution in [3.63, 3.8) is 0 Å². The first-order chi connectivity index (χ1) is 8.29. The lowest BCUT2D eigenvalue weighted by atomic mass is 10.2. The van der Waals surface area contributed by atoms with E-state index in [1.165, 1.54) is 11.1 Å². The number of sulfonamides is 1. The van der Waals surface area contributed by atoms with Crippen LogP contribution in [-0.4, -0.2) is 50.6 Å². The van der Waals surface area contributed by atoms with Crippen molar-refractivity contribution < 1.29 is 13.2 Å². The average molecular weight is 336 g/mol. The number of likely N-dealkylation sites (N-methyl/N-ethyl adjacent to an activating group) is 1. The number of amides is 1. The van der Waals surface area contributed by atoms with Gasteiger partial charge in [-0.1, -0.05) is 0 Å². The molecule has 8 heteroatoms. The minimum Gasteiger partial charge on any atom is -0.340 e. The van der Waals surface area contributed by atoms with Crippen LogP contribution in [0.4, 0.5) is 0 Å². The number of nitrogens with zero attached hydrogens (tertiary/aromatic N) is 2. The van der Waals surface area contributed by atoms with Gasteiger partial charge in [0, 0.05) is 37.0 Å². The topological polar surface area (TPSA) is 79.4 Å². The third kappa shape index (κ3) is 5.11. The minimum atomic E-state index is -3.22. The lowest BCUT2D eigenvalue weighted by molar-refractivity contribution is 0.0797. The zero-order chi connectivity index (χ0) is 13.8. The van der Waals surface area contributed by atoms with Crippen molar-refractivity contribution in [2.45, 2.75) is 0 Å². The maximum Gasteiger partial charge on any atom is 0.255 e. The van der Waals surface area contributed by atoms with E-state index in [1.54, 1.807) is 19.3 Å².